The lowest BCUT2D eigenvalue weighted by molar-refractivity contribution is 0.277. The number of nitrogens with one attached hydrogen (secondary N) is 1. The Kier molecular flexibility index (Phi) is 4.63. The maximum atomic E-state index is 4.63. The fourth-order valence-electron chi connectivity index (χ4n) is 3.05. The Morgan fingerprint density at radius 2 is 2.27 bits per heavy atom. The van der Waals surface area contributed by atoms with Crippen molar-refractivity contribution in [2.24, 2.45) is 0 Å². The van der Waals surface area contributed by atoms with Crippen LogP contribution in [-0.2, 0) is 0 Å². The summed E-state index contributed by atoms with van der Waals surface area (Å²) in [5.41, 5.74) is 1.92. The van der Waals surface area contributed by atoms with Gasteiger partial charge < -0.3 is 5.32 Å². The van der Waals surface area contributed by atoms with E-state index in [2.05, 4.69) is 32.1 Å². The van der Waals surface area contributed by atoms with Crippen LogP contribution in [-0.4, -0.2) is 45.5 Å². The van der Waals surface area contributed by atoms with E-state index >= 15 is 0 Å². The highest BCUT2D eigenvalue weighted by molar-refractivity contribution is 5.56. The van der Waals surface area contributed by atoms with Crippen molar-refractivity contribution in [3.8, 4) is 11.4 Å². The van der Waals surface area contributed by atoms with Crippen LogP contribution in [0.5, 0.6) is 0 Å². The van der Waals surface area contributed by atoms with Gasteiger partial charge in [-0.1, -0.05) is 6.92 Å². The first-order valence-electron chi connectivity index (χ1n) is 8.00. The average Bonchev–Trinajstić information content (AvgIpc) is 3.01. The van der Waals surface area contributed by atoms with E-state index in [0.717, 1.165) is 36.0 Å². The molecule has 116 valence electrons. The number of aryl methyl sites for hydroxylation is 1. The second-order valence-electron chi connectivity index (χ2n) is 5.77. The minimum atomic E-state index is 0.613. The number of likely N-dealkylation sites (N-methyl/N-ethyl adjacent to an activating group) is 1. The third-order valence-corrected chi connectivity index (χ3v) is 4.20. The van der Waals surface area contributed by atoms with Crippen molar-refractivity contribution in [1.82, 2.24) is 19.9 Å². The number of hydrogen-bond acceptors (Lipinski definition) is 5. The molecular weight excluding hydrogens is 274 g/mol. The molecule has 3 heterocycles. The van der Waals surface area contributed by atoms with Crippen LogP contribution in [0.3, 0.4) is 0 Å². The van der Waals surface area contributed by atoms with Gasteiger partial charge in [0.15, 0.2) is 5.82 Å². The number of anilines is 1. The molecule has 22 heavy (non-hydrogen) atoms. The Morgan fingerprint density at radius 1 is 1.36 bits per heavy atom. The smallest absolute Gasteiger partial charge is 0.163 e. The molecule has 5 nitrogen and oxygen atoms in total. The summed E-state index contributed by atoms with van der Waals surface area (Å²) in [6, 6.07) is 6.51. The van der Waals surface area contributed by atoms with Crippen LogP contribution in [0, 0.1) is 6.92 Å². The summed E-state index contributed by atoms with van der Waals surface area (Å²) < 4.78 is 0. The van der Waals surface area contributed by atoms with Gasteiger partial charge >= 0.3 is 0 Å². The first-order valence-corrected chi connectivity index (χ1v) is 8.00. The highest BCUT2D eigenvalue weighted by atomic mass is 15.2. The van der Waals surface area contributed by atoms with Gasteiger partial charge in [0, 0.05) is 42.3 Å². The van der Waals surface area contributed by atoms with Gasteiger partial charge in [0.25, 0.3) is 0 Å². The average molecular weight is 297 g/mol. The van der Waals surface area contributed by atoms with Gasteiger partial charge in [0.2, 0.25) is 0 Å². The zero-order chi connectivity index (χ0) is 15.4. The highest BCUT2D eigenvalue weighted by Crippen LogP contribution is 2.19. The monoisotopic (exact) mass is 297 g/mol. The summed E-state index contributed by atoms with van der Waals surface area (Å²) >= 11 is 0. The maximum absolute atomic E-state index is 4.63. The number of likely N-dealkylation sites (tertiary alicyclic amines) is 1. The third kappa shape index (κ3) is 3.42. The number of aromatic nitrogens is 3. The molecule has 1 fully saturated rings. The predicted molar refractivity (Wildman–Crippen MR) is 88.8 cm³/mol. The van der Waals surface area contributed by atoms with Crippen molar-refractivity contribution in [1.29, 1.82) is 0 Å². The standard InChI is InChI=1S/C17H23N5/c1-3-22-9-5-7-15(22)12-19-16-10-13(2)20-17(21-16)14-6-4-8-18-11-14/h4,6,8,10-11,15H,3,5,7,9,12H2,1-2H3,(H,19,20,21)/t15-/m0/s1. The predicted octanol–water partition coefficient (Wildman–Crippen LogP) is 2.74. The fourth-order valence-corrected chi connectivity index (χ4v) is 3.05. The summed E-state index contributed by atoms with van der Waals surface area (Å²) in [6.45, 7) is 7.51. The summed E-state index contributed by atoms with van der Waals surface area (Å²) in [5.74, 6) is 1.63. The van der Waals surface area contributed by atoms with Crippen molar-refractivity contribution in [2.45, 2.75) is 32.7 Å². The van der Waals surface area contributed by atoms with Crippen molar-refractivity contribution in [3.05, 3.63) is 36.3 Å². The van der Waals surface area contributed by atoms with Crippen molar-refractivity contribution >= 4 is 5.82 Å². The molecule has 0 saturated carbocycles. The largest absolute Gasteiger partial charge is 0.368 e. The van der Waals surface area contributed by atoms with Crippen molar-refractivity contribution in [3.63, 3.8) is 0 Å². The van der Waals surface area contributed by atoms with Crippen LogP contribution < -0.4 is 5.32 Å². The van der Waals surface area contributed by atoms with Crippen LogP contribution in [0.2, 0.25) is 0 Å². The van der Waals surface area contributed by atoms with Gasteiger partial charge in [0.1, 0.15) is 5.82 Å². The van der Waals surface area contributed by atoms with E-state index in [0.29, 0.717) is 6.04 Å². The molecule has 1 N–H and O–H groups in total. The molecule has 0 radical (unpaired) electrons. The first kappa shape index (κ1) is 14.9. The van der Waals surface area contributed by atoms with Crippen LogP contribution in [0.1, 0.15) is 25.5 Å². The third-order valence-electron chi connectivity index (χ3n) is 4.20. The molecule has 2 aromatic heterocycles. The van der Waals surface area contributed by atoms with Gasteiger partial charge in [-0.3, -0.25) is 9.88 Å². The van der Waals surface area contributed by atoms with Gasteiger partial charge in [0.05, 0.1) is 0 Å². The number of nitrogens with zero attached hydrogens (tertiary/aromatic N) is 4. The Balaban J connectivity index is 1.73. The lowest BCUT2D eigenvalue weighted by Gasteiger charge is -2.23. The Bertz CT molecular complexity index is 614. The molecule has 5 heteroatoms. The molecule has 1 atom stereocenters. The summed E-state index contributed by atoms with van der Waals surface area (Å²) in [5, 5.41) is 3.49. The van der Waals surface area contributed by atoms with Crippen LogP contribution in [0.4, 0.5) is 5.82 Å². The molecule has 0 unspecified atom stereocenters. The topological polar surface area (TPSA) is 53.9 Å². The van der Waals surface area contributed by atoms with E-state index in [1.165, 1.54) is 19.4 Å². The lowest BCUT2D eigenvalue weighted by atomic mass is 10.2. The second kappa shape index (κ2) is 6.83. The molecule has 0 spiro atoms. The van der Waals surface area contributed by atoms with E-state index in [-0.39, 0.29) is 0 Å². The van der Waals surface area contributed by atoms with Crippen LogP contribution in [0.15, 0.2) is 30.6 Å². The summed E-state index contributed by atoms with van der Waals surface area (Å²) in [4.78, 5) is 15.8. The fraction of sp³-hybridized carbons (Fsp3) is 0.471. The molecule has 0 aliphatic carbocycles. The van der Waals surface area contributed by atoms with E-state index < -0.39 is 0 Å². The molecule has 1 aliphatic heterocycles. The van der Waals surface area contributed by atoms with E-state index in [1.807, 2.05) is 25.1 Å². The Morgan fingerprint density at radius 3 is 3.05 bits per heavy atom. The van der Waals surface area contributed by atoms with Crippen LogP contribution in [0.25, 0.3) is 11.4 Å². The van der Waals surface area contributed by atoms with Gasteiger partial charge in [-0.05, 0) is 45.0 Å². The van der Waals surface area contributed by atoms with Gasteiger partial charge in [-0.25, -0.2) is 9.97 Å². The normalized spacial score (nSPS) is 18.5. The molecule has 2 aromatic rings. The minimum absolute atomic E-state index is 0.613. The van der Waals surface area contributed by atoms with Gasteiger partial charge in [-0.15, -0.1) is 0 Å². The number of pyridine rings is 1. The zero-order valence-corrected chi connectivity index (χ0v) is 13.3. The zero-order valence-electron chi connectivity index (χ0n) is 13.3. The molecule has 3 rings (SSSR count). The Labute approximate surface area is 131 Å². The quantitative estimate of drug-likeness (QED) is 0.919. The SMILES string of the molecule is CCN1CCC[C@H]1CNc1cc(C)nc(-c2cccnc2)n1. The molecule has 1 aliphatic rings. The minimum Gasteiger partial charge on any atom is -0.368 e. The van der Waals surface area contributed by atoms with Crippen LogP contribution >= 0.6 is 0 Å². The number of rotatable bonds is 5. The second-order valence-corrected chi connectivity index (χ2v) is 5.77. The van der Waals surface area contributed by atoms with Gasteiger partial charge in [-0.2, -0.15) is 0 Å². The first-order chi connectivity index (χ1) is 10.8. The van der Waals surface area contributed by atoms with E-state index in [9.17, 15) is 0 Å². The van der Waals surface area contributed by atoms with Crippen molar-refractivity contribution in [2.75, 3.05) is 25.0 Å². The van der Waals surface area contributed by atoms with Crippen molar-refractivity contribution < 1.29 is 0 Å². The molecule has 0 amide bonds. The highest BCUT2D eigenvalue weighted by Gasteiger charge is 2.22. The lowest BCUT2D eigenvalue weighted by Crippen LogP contribution is -2.34. The molecule has 0 aromatic carbocycles. The molecule has 0 bridgehead atoms. The maximum Gasteiger partial charge on any atom is 0.163 e. The molecular formula is C17H23N5. The number of hydrogen-bond donors (Lipinski definition) is 1. The Hall–Kier alpha value is -2.01. The summed E-state index contributed by atoms with van der Waals surface area (Å²) in [6.07, 6.45) is 6.12. The van der Waals surface area contributed by atoms with E-state index in [1.54, 1.807) is 12.4 Å². The summed E-state index contributed by atoms with van der Waals surface area (Å²) in [7, 11) is 0. The molecule has 1 saturated heterocycles. The van der Waals surface area contributed by atoms with E-state index in [4.69, 9.17) is 0 Å².